The maximum absolute atomic E-state index is 12.3. The molecule has 2 amide bonds. The number of rotatable bonds is 13. The zero-order valence-corrected chi connectivity index (χ0v) is 55.6. The second-order valence-electron chi connectivity index (χ2n) is 28.0. The van der Waals surface area contributed by atoms with E-state index in [1.165, 1.54) is 77.4 Å². The lowest BCUT2D eigenvalue weighted by Gasteiger charge is -2.36. The lowest BCUT2D eigenvalue weighted by Crippen LogP contribution is -2.51. The van der Waals surface area contributed by atoms with Crippen molar-refractivity contribution in [1.82, 2.24) is 49.5 Å². The van der Waals surface area contributed by atoms with Crippen LogP contribution in [0.25, 0.3) is 66.1 Å². The summed E-state index contributed by atoms with van der Waals surface area (Å²) in [6.07, 6.45) is 18.8. The minimum absolute atomic E-state index is 0.201. The van der Waals surface area contributed by atoms with E-state index >= 15 is 0 Å². The van der Waals surface area contributed by atoms with Crippen molar-refractivity contribution in [2.75, 3.05) is 113 Å². The number of benzene rings is 6. The number of fused-ring (bicyclic) bond motifs is 3. The summed E-state index contributed by atoms with van der Waals surface area (Å²) in [6, 6.07) is 51.6. The fraction of sp³-hybridized carbons (Fsp3) is 0.436. The first-order chi connectivity index (χ1) is 45.9. The van der Waals surface area contributed by atoms with Gasteiger partial charge in [0.25, 0.3) is 0 Å². The number of carbonyl (C=O) groups excluding carboxylic acids is 2. The SMILES string of the molecule is CC(C)(C)OC(=O)N1CCN(C[C@@H]2CCN(c3nccc(-c4ccc5ccccc5c4)n3)C2)CC1.CN(C[C@@H]1CCN(c2nccc(-c3ccc4ccccc4c3)n2)C1)C1CCCCC1.O=C1CCCCN1C[C@@H]1CCN(c2nccc(-c3ccc4ccccc4c3)n2)C1. The molecular weight excluding hydrogens is 1170 g/mol. The quantitative estimate of drug-likeness (QED) is 0.108. The van der Waals surface area contributed by atoms with E-state index in [0.717, 1.165) is 168 Å². The summed E-state index contributed by atoms with van der Waals surface area (Å²) in [6.45, 7) is 18.9. The van der Waals surface area contributed by atoms with Gasteiger partial charge in [-0.2, -0.15) is 0 Å². The molecule has 5 saturated heterocycles. The first kappa shape index (κ1) is 64.1. The Morgan fingerprint density at radius 2 is 0.915 bits per heavy atom. The molecule has 6 aliphatic rings. The Kier molecular flexibility index (Phi) is 20.3. The van der Waals surface area contributed by atoms with E-state index in [1.54, 1.807) is 0 Å². The van der Waals surface area contributed by atoms with Crippen LogP contribution < -0.4 is 14.7 Å². The Bertz CT molecular complexity index is 4030. The van der Waals surface area contributed by atoms with Crippen LogP contribution in [0.3, 0.4) is 0 Å². The van der Waals surface area contributed by atoms with Gasteiger partial charge in [0.05, 0.1) is 17.1 Å². The molecule has 16 heteroatoms. The van der Waals surface area contributed by atoms with Crippen molar-refractivity contribution < 1.29 is 14.3 Å². The number of piperazine rings is 1. The normalized spacial score (nSPS) is 19.8. The summed E-state index contributed by atoms with van der Waals surface area (Å²) in [5.74, 6) is 4.61. The van der Waals surface area contributed by atoms with E-state index < -0.39 is 5.60 Å². The average Bonchev–Trinajstić information content (AvgIpc) is 1.49. The average molecular weight is 1260 g/mol. The van der Waals surface area contributed by atoms with Crippen LogP contribution >= 0.6 is 0 Å². The number of hydrogen-bond acceptors (Lipinski definition) is 14. The molecule has 1 saturated carbocycles. The highest BCUT2D eigenvalue weighted by molar-refractivity contribution is 5.89. The molecule has 94 heavy (non-hydrogen) atoms. The number of anilines is 3. The van der Waals surface area contributed by atoms with Gasteiger partial charge in [-0.15, -0.1) is 0 Å². The van der Waals surface area contributed by atoms with Crippen LogP contribution in [0, 0.1) is 17.8 Å². The monoisotopic (exact) mass is 1260 g/mol. The highest BCUT2D eigenvalue weighted by atomic mass is 16.6. The third-order valence-corrected chi connectivity index (χ3v) is 20.0. The molecular formula is C78H93N13O3. The predicted octanol–water partition coefficient (Wildman–Crippen LogP) is 14.2. The number of hydrogen-bond donors (Lipinski definition) is 0. The molecule has 9 aromatic rings. The number of likely N-dealkylation sites (tertiary alicyclic amines) is 1. The van der Waals surface area contributed by atoms with E-state index in [4.69, 9.17) is 19.7 Å². The summed E-state index contributed by atoms with van der Waals surface area (Å²) in [4.78, 5) is 68.8. The Balaban J connectivity index is 0.000000129. The van der Waals surface area contributed by atoms with E-state index in [9.17, 15) is 9.59 Å². The Labute approximate surface area is 555 Å². The minimum atomic E-state index is -0.449. The zero-order valence-electron chi connectivity index (χ0n) is 55.6. The molecule has 15 rings (SSSR count). The van der Waals surface area contributed by atoms with Crippen LogP contribution in [-0.2, 0) is 9.53 Å². The summed E-state index contributed by atoms with van der Waals surface area (Å²) in [5, 5.41) is 7.43. The Hall–Kier alpha value is -8.60. The summed E-state index contributed by atoms with van der Waals surface area (Å²) < 4.78 is 5.52. The molecule has 0 radical (unpaired) electrons. The molecule has 0 spiro atoms. The second kappa shape index (κ2) is 29.8. The molecule has 3 atom stereocenters. The first-order valence-corrected chi connectivity index (χ1v) is 34.8. The van der Waals surface area contributed by atoms with Gasteiger partial charge in [-0.1, -0.05) is 128 Å². The van der Waals surface area contributed by atoms with Gasteiger partial charge in [-0.25, -0.2) is 34.7 Å². The van der Waals surface area contributed by atoms with Crippen LogP contribution in [0.1, 0.15) is 91.4 Å². The first-order valence-electron chi connectivity index (χ1n) is 34.8. The van der Waals surface area contributed by atoms with E-state index in [1.807, 2.05) is 62.5 Å². The lowest BCUT2D eigenvalue weighted by molar-refractivity contribution is -0.133. The molecule has 0 N–H and O–H groups in total. The number of ether oxygens (including phenoxy) is 1. The van der Waals surface area contributed by atoms with Gasteiger partial charge in [0.1, 0.15) is 5.60 Å². The second-order valence-corrected chi connectivity index (χ2v) is 28.0. The van der Waals surface area contributed by atoms with E-state index in [2.05, 4.69) is 179 Å². The number of aromatic nitrogens is 6. The standard InChI is InChI=1S/C28H35N5O2.C26H32N4.C24H26N4O/c1-28(2,3)35-27(34)32-16-14-31(15-17-32)19-21-11-13-33(20-21)26-29-12-10-25(30-26)24-9-8-22-6-4-5-7-23(22)18-24;1-29(24-9-3-2-4-10-24)18-20-14-16-30(19-20)26-27-15-13-25(28-26)23-12-11-21-7-5-6-8-22(21)17-23;29-23-7-3-4-13-27(23)16-18-11-14-28(17-18)24-25-12-10-22(26-24)21-9-8-19-5-1-2-6-20(19)15-21/h4-10,12,18,21H,11,13-17,19-20H2,1-3H3;5-8,11-13,15,17,20,24H,2-4,9-10,14,16,18-19H2,1H3;1-2,5-6,8-10,12,15,18H,3-4,7,11,13-14,16-17H2/t21-;20-;18-/m000/s1. The van der Waals surface area contributed by atoms with Gasteiger partial charge in [0.2, 0.25) is 23.8 Å². The van der Waals surface area contributed by atoms with Gasteiger partial charge in [-0.05, 0) is 159 Å². The van der Waals surface area contributed by atoms with Crippen molar-refractivity contribution in [1.29, 1.82) is 0 Å². The highest BCUT2D eigenvalue weighted by Gasteiger charge is 2.33. The fourth-order valence-corrected chi connectivity index (χ4v) is 14.8. The van der Waals surface area contributed by atoms with Crippen LogP contribution in [0.2, 0.25) is 0 Å². The van der Waals surface area contributed by atoms with Gasteiger partial charge in [-0.3, -0.25) is 9.69 Å². The molecule has 1 aliphatic carbocycles. The third kappa shape index (κ3) is 16.3. The summed E-state index contributed by atoms with van der Waals surface area (Å²) >= 11 is 0. The number of amides is 2. The van der Waals surface area contributed by atoms with Crippen molar-refractivity contribution >= 4 is 62.2 Å². The van der Waals surface area contributed by atoms with Crippen LogP contribution in [0.5, 0.6) is 0 Å². The molecule has 0 unspecified atom stereocenters. The topological polar surface area (TPSA) is 143 Å². The molecule has 6 fully saturated rings. The van der Waals surface area contributed by atoms with Crippen molar-refractivity contribution in [2.24, 2.45) is 17.8 Å². The van der Waals surface area contributed by atoms with Gasteiger partial charge >= 0.3 is 6.09 Å². The molecule has 0 bridgehead atoms. The Morgan fingerprint density at radius 3 is 1.37 bits per heavy atom. The minimum Gasteiger partial charge on any atom is -0.444 e. The van der Waals surface area contributed by atoms with Crippen LogP contribution in [0.4, 0.5) is 22.6 Å². The predicted molar refractivity (Wildman–Crippen MR) is 380 cm³/mol. The highest BCUT2D eigenvalue weighted by Crippen LogP contribution is 2.32. The van der Waals surface area contributed by atoms with Crippen LogP contribution in [0.15, 0.2) is 164 Å². The maximum atomic E-state index is 12.3. The van der Waals surface area contributed by atoms with Gasteiger partial charge in [0, 0.05) is 139 Å². The largest absolute Gasteiger partial charge is 0.444 e. The summed E-state index contributed by atoms with van der Waals surface area (Å²) in [5.41, 5.74) is 5.86. The van der Waals surface area contributed by atoms with Gasteiger partial charge < -0.3 is 34.1 Å². The summed E-state index contributed by atoms with van der Waals surface area (Å²) in [7, 11) is 2.33. The van der Waals surface area contributed by atoms with Crippen molar-refractivity contribution in [3.05, 3.63) is 164 Å². The molecule has 8 heterocycles. The van der Waals surface area contributed by atoms with Crippen LogP contribution in [-0.4, -0.2) is 172 Å². The van der Waals surface area contributed by atoms with Crippen molar-refractivity contribution in [3.63, 3.8) is 0 Å². The van der Waals surface area contributed by atoms with Crippen molar-refractivity contribution in [2.45, 2.75) is 103 Å². The number of nitrogens with zero attached hydrogens (tertiary/aromatic N) is 13. The van der Waals surface area contributed by atoms with E-state index in [-0.39, 0.29) is 6.09 Å². The smallest absolute Gasteiger partial charge is 0.410 e. The lowest BCUT2D eigenvalue weighted by atomic mass is 9.94. The molecule has 3 aromatic heterocycles. The van der Waals surface area contributed by atoms with Gasteiger partial charge in [0.15, 0.2) is 0 Å². The number of piperidine rings is 1. The molecule has 5 aliphatic heterocycles. The molecule has 6 aromatic carbocycles. The molecule has 16 nitrogen and oxygen atoms in total. The number of carbonyl (C=O) groups is 2. The van der Waals surface area contributed by atoms with Crippen molar-refractivity contribution in [3.8, 4) is 33.8 Å². The maximum Gasteiger partial charge on any atom is 0.410 e. The zero-order chi connectivity index (χ0) is 64.4. The molecule has 488 valence electrons. The third-order valence-electron chi connectivity index (χ3n) is 20.0. The Morgan fingerprint density at radius 1 is 0.479 bits per heavy atom. The van der Waals surface area contributed by atoms with E-state index in [0.29, 0.717) is 30.1 Å². The fourth-order valence-electron chi connectivity index (χ4n) is 14.8.